The highest BCUT2D eigenvalue weighted by molar-refractivity contribution is 5.90. The van der Waals surface area contributed by atoms with Gasteiger partial charge in [0.05, 0.1) is 18.1 Å². The maximum Gasteiger partial charge on any atom is 0.224 e. The van der Waals surface area contributed by atoms with Gasteiger partial charge < -0.3 is 19.5 Å². The van der Waals surface area contributed by atoms with Gasteiger partial charge in [0.25, 0.3) is 0 Å². The first-order chi connectivity index (χ1) is 16.0. The number of pyridine rings is 1. The number of rotatable bonds is 8. The molecule has 1 amide bonds. The van der Waals surface area contributed by atoms with Gasteiger partial charge in [-0.05, 0) is 37.1 Å². The van der Waals surface area contributed by atoms with Crippen LogP contribution < -0.4 is 10.2 Å². The Bertz CT molecular complexity index is 1040. The fourth-order valence-corrected chi connectivity index (χ4v) is 3.96. The van der Waals surface area contributed by atoms with E-state index in [-0.39, 0.29) is 5.91 Å². The number of hydrogen-bond donors (Lipinski definition) is 1. The Hall–Kier alpha value is -3.19. The maximum atomic E-state index is 12.4. The normalized spacial score (nSPS) is 14.6. The summed E-state index contributed by atoms with van der Waals surface area (Å²) < 4.78 is 5.87. The Labute approximate surface area is 195 Å². The van der Waals surface area contributed by atoms with Crippen molar-refractivity contribution in [1.82, 2.24) is 14.9 Å². The van der Waals surface area contributed by atoms with E-state index in [1.807, 2.05) is 12.1 Å². The van der Waals surface area contributed by atoms with E-state index in [0.29, 0.717) is 30.3 Å². The summed E-state index contributed by atoms with van der Waals surface area (Å²) in [5, 5.41) is 2.91. The quantitative estimate of drug-likeness (QED) is 0.556. The van der Waals surface area contributed by atoms with E-state index in [1.54, 1.807) is 12.4 Å². The van der Waals surface area contributed by atoms with Crippen LogP contribution in [0.1, 0.15) is 31.7 Å². The highest BCUT2D eigenvalue weighted by Gasteiger charge is 2.15. The van der Waals surface area contributed by atoms with Gasteiger partial charge in [0.1, 0.15) is 5.82 Å². The van der Waals surface area contributed by atoms with Crippen molar-refractivity contribution in [2.45, 2.75) is 33.1 Å². The molecule has 0 saturated carbocycles. The van der Waals surface area contributed by atoms with Crippen molar-refractivity contribution in [3.05, 3.63) is 60.2 Å². The van der Waals surface area contributed by atoms with E-state index < -0.39 is 0 Å². The lowest BCUT2D eigenvalue weighted by Gasteiger charge is -2.33. The summed E-state index contributed by atoms with van der Waals surface area (Å²) in [5.74, 6) is 2.79. The fraction of sp³-hybridized carbons (Fsp3) is 0.423. The highest BCUT2D eigenvalue weighted by Crippen LogP contribution is 2.22. The molecule has 174 valence electrons. The summed E-state index contributed by atoms with van der Waals surface area (Å²) in [5.41, 5.74) is 3.01. The Morgan fingerprint density at radius 1 is 1.03 bits per heavy atom. The SMILES string of the molecule is CC(C)Cc1ccc(-c2cnc(CCC(=O)Nc3ccc(N4CCN(C)CC4)nc3)o2)cc1. The first-order valence-electron chi connectivity index (χ1n) is 11.7. The monoisotopic (exact) mass is 447 g/mol. The summed E-state index contributed by atoms with van der Waals surface area (Å²) in [6.07, 6.45) is 5.26. The fourth-order valence-electron chi connectivity index (χ4n) is 3.96. The van der Waals surface area contributed by atoms with Crippen LogP contribution in [0.5, 0.6) is 0 Å². The van der Waals surface area contributed by atoms with Crippen LogP contribution in [0.3, 0.4) is 0 Å². The maximum absolute atomic E-state index is 12.4. The number of piperazine rings is 1. The number of oxazole rings is 1. The Morgan fingerprint density at radius 3 is 2.45 bits per heavy atom. The van der Waals surface area contributed by atoms with Gasteiger partial charge in [-0.1, -0.05) is 38.1 Å². The molecule has 7 nitrogen and oxygen atoms in total. The number of nitrogens with one attached hydrogen (secondary N) is 1. The molecule has 1 N–H and O–H groups in total. The predicted octanol–water partition coefficient (Wildman–Crippen LogP) is 4.26. The van der Waals surface area contributed by atoms with Gasteiger partial charge in [-0.2, -0.15) is 0 Å². The number of carbonyl (C=O) groups excluding carboxylic acids is 1. The average Bonchev–Trinajstić information content (AvgIpc) is 3.28. The molecule has 1 saturated heterocycles. The molecule has 0 unspecified atom stereocenters. The van der Waals surface area contributed by atoms with Crippen molar-refractivity contribution >= 4 is 17.4 Å². The second kappa shape index (κ2) is 10.6. The summed E-state index contributed by atoms with van der Waals surface area (Å²) >= 11 is 0. The van der Waals surface area contributed by atoms with Crippen LogP contribution in [0.15, 0.2) is 53.2 Å². The molecule has 3 aromatic rings. The van der Waals surface area contributed by atoms with Crippen LogP contribution in [0.2, 0.25) is 0 Å². The summed E-state index contributed by atoms with van der Waals surface area (Å²) in [6, 6.07) is 12.3. The van der Waals surface area contributed by atoms with Crippen LogP contribution in [-0.2, 0) is 17.6 Å². The highest BCUT2D eigenvalue weighted by atomic mass is 16.4. The smallest absolute Gasteiger partial charge is 0.224 e. The number of aromatic nitrogens is 2. The lowest BCUT2D eigenvalue weighted by molar-refractivity contribution is -0.116. The first kappa shape index (κ1) is 23.0. The van der Waals surface area contributed by atoms with Crippen LogP contribution in [0, 0.1) is 5.92 Å². The molecule has 1 aliphatic heterocycles. The van der Waals surface area contributed by atoms with Crippen molar-refractivity contribution in [1.29, 1.82) is 0 Å². The topological polar surface area (TPSA) is 74.5 Å². The Kier molecular flexibility index (Phi) is 7.40. The standard InChI is InChI=1S/C26H33N5O2/c1-19(2)16-20-4-6-21(7-5-20)23-18-28-26(33-23)11-10-25(32)29-22-8-9-24(27-17-22)31-14-12-30(3)13-15-31/h4-9,17-19H,10-16H2,1-3H3,(H,29,32). The molecule has 0 radical (unpaired) electrons. The molecule has 0 bridgehead atoms. The molecular weight excluding hydrogens is 414 g/mol. The zero-order chi connectivity index (χ0) is 23.2. The van der Waals surface area contributed by atoms with Gasteiger partial charge in [0, 0.05) is 44.6 Å². The molecule has 0 spiro atoms. The molecule has 1 aromatic carbocycles. The van der Waals surface area contributed by atoms with Crippen molar-refractivity contribution in [3.63, 3.8) is 0 Å². The van der Waals surface area contributed by atoms with Crippen LogP contribution in [-0.4, -0.2) is 54.0 Å². The predicted molar refractivity (Wildman–Crippen MR) is 131 cm³/mol. The molecule has 0 aliphatic carbocycles. The summed E-state index contributed by atoms with van der Waals surface area (Å²) in [6.45, 7) is 8.43. The molecule has 3 heterocycles. The number of aryl methyl sites for hydroxylation is 1. The second-order valence-electron chi connectivity index (χ2n) is 9.16. The number of benzene rings is 1. The molecular formula is C26H33N5O2. The number of likely N-dealkylation sites (N-methyl/N-ethyl adjacent to an activating group) is 1. The van der Waals surface area contributed by atoms with Crippen LogP contribution >= 0.6 is 0 Å². The number of amides is 1. The molecule has 1 aliphatic rings. The Morgan fingerprint density at radius 2 is 1.79 bits per heavy atom. The van der Waals surface area contributed by atoms with E-state index in [0.717, 1.165) is 49.7 Å². The molecule has 33 heavy (non-hydrogen) atoms. The third-order valence-corrected chi connectivity index (χ3v) is 5.86. The number of carbonyl (C=O) groups is 1. The summed E-state index contributed by atoms with van der Waals surface area (Å²) in [4.78, 5) is 25.8. The van der Waals surface area contributed by atoms with Gasteiger partial charge in [-0.25, -0.2) is 9.97 Å². The van der Waals surface area contributed by atoms with E-state index in [9.17, 15) is 4.79 Å². The van der Waals surface area contributed by atoms with Crippen LogP contribution in [0.4, 0.5) is 11.5 Å². The lowest BCUT2D eigenvalue weighted by atomic mass is 10.0. The molecule has 2 aromatic heterocycles. The van der Waals surface area contributed by atoms with E-state index >= 15 is 0 Å². The largest absolute Gasteiger partial charge is 0.441 e. The third-order valence-electron chi connectivity index (χ3n) is 5.86. The Balaban J connectivity index is 1.26. The van der Waals surface area contributed by atoms with Crippen molar-refractivity contribution < 1.29 is 9.21 Å². The second-order valence-corrected chi connectivity index (χ2v) is 9.16. The number of hydrogen-bond acceptors (Lipinski definition) is 6. The van der Waals surface area contributed by atoms with Crippen LogP contribution in [0.25, 0.3) is 11.3 Å². The molecule has 7 heteroatoms. The minimum Gasteiger partial charge on any atom is -0.441 e. The molecule has 0 atom stereocenters. The third kappa shape index (κ3) is 6.42. The zero-order valence-electron chi connectivity index (χ0n) is 19.8. The van der Waals surface area contributed by atoms with Gasteiger partial charge >= 0.3 is 0 Å². The van der Waals surface area contributed by atoms with E-state index in [4.69, 9.17) is 4.42 Å². The van der Waals surface area contributed by atoms with E-state index in [1.165, 1.54) is 5.56 Å². The van der Waals surface area contributed by atoms with Gasteiger partial charge in [0.15, 0.2) is 11.7 Å². The van der Waals surface area contributed by atoms with Crippen molar-refractivity contribution in [2.24, 2.45) is 5.92 Å². The van der Waals surface area contributed by atoms with Crippen molar-refractivity contribution in [2.75, 3.05) is 43.4 Å². The first-order valence-corrected chi connectivity index (χ1v) is 11.7. The minimum absolute atomic E-state index is 0.0815. The van der Waals surface area contributed by atoms with Gasteiger partial charge in [0.2, 0.25) is 5.91 Å². The van der Waals surface area contributed by atoms with Gasteiger partial charge in [-0.15, -0.1) is 0 Å². The van der Waals surface area contributed by atoms with Gasteiger partial charge in [-0.3, -0.25) is 4.79 Å². The minimum atomic E-state index is -0.0815. The molecule has 4 rings (SSSR count). The molecule has 1 fully saturated rings. The number of nitrogens with zero attached hydrogens (tertiary/aromatic N) is 4. The zero-order valence-corrected chi connectivity index (χ0v) is 19.8. The lowest BCUT2D eigenvalue weighted by Crippen LogP contribution is -2.44. The average molecular weight is 448 g/mol. The van der Waals surface area contributed by atoms with Crippen molar-refractivity contribution in [3.8, 4) is 11.3 Å². The number of anilines is 2. The summed E-state index contributed by atoms with van der Waals surface area (Å²) in [7, 11) is 2.13. The van der Waals surface area contributed by atoms with E-state index in [2.05, 4.69) is 70.2 Å².